The molecule has 0 amide bonds. The van der Waals surface area contributed by atoms with Crippen molar-refractivity contribution < 1.29 is 4.79 Å². The van der Waals surface area contributed by atoms with E-state index in [2.05, 4.69) is 15.0 Å². The van der Waals surface area contributed by atoms with E-state index >= 15 is 0 Å². The maximum absolute atomic E-state index is 12.5. The Kier molecular flexibility index (Phi) is 3.80. The summed E-state index contributed by atoms with van der Waals surface area (Å²) in [5.74, 6) is 0.964. The molecule has 5 nitrogen and oxygen atoms in total. The summed E-state index contributed by atoms with van der Waals surface area (Å²) in [6, 6.07) is 0. The molecule has 1 aromatic rings. The summed E-state index contributed by atoms with van der Waals surface area (Å²) in [5.41, 5.74) is -0.396. The lowest BCUT2D eigenvalue weighted by molar-refractivity contribution is -0.129. The first-order valence-electron chi connectivity index (χ1n) is 6.63. The van der Waals surface area contributed by atoms with E-state index in [9.17, 15) is 4.79 Å². The number of piperidine rings is 1. The van der Waals surface area contributed by atoms with Gasteiger partial charge in [0.15, 0.2) is 5.78 Å². The molecule has 2 rings (SSSR count). The first-order chi connectivity index (χ1) is 8.51. The molecule has 100 valence electrons. The fourth-order valence-corrected chi connectivity index (χ4v) is 2.47. The Balaban J connectivity index is 2.04. The fourth-order valence-electron chi connectivity index (χ4n) is 2.47. The Bertz CT molecular complexity index is 418. The highest BCUT2D eigenvalue weighted by Crippen LogP contribution is 2.22. The van der Waals surface area contributed by atoms with Gasteiger partial charge in [-0.15, -0.1) is 0 Å². The predicted octanol–water partition coefficient (Wildman–Crippen LogP) is 1.19. The quantitative estimate of drug-likeness (QED) is 0.805. The average molecular weight is 250 g/mol. The molecule has 1 aromatic heterocycles. The van der Waals surface area contributed by atoms with E-state index in [-0.39, 0.29) is 5.78 Å². The number of carbonyl (C=O) groups excluding carboxylic acids is 1. The molecule has 0 spiro atoms. The number of carbonyl (C=O) groups is 1. The summed E-state index contributed by atoms with van der Waals surface area (Å²) < 4.78 is 1.67. The summed E-state index contributed by atoms with van der Waals surface area (Å²) in [6.45, 7) is 6.10. The first kappa shape index (κ1) is 13.2. The van der Waals surface area contributed by atoms with Crippen LogP contribution in [0.25, 0.3) is 0 Å². The summed E-state index contributed by atoms with van der Waals surface area (Å²) >= 11 is 0. The molecule has 1 aliphatic rings. The van der Waals surface area contributed by atoms with Gasteiger partial charge in [0.1, 0.15) is 12.2 Å². The van der Waals surface area contributed by atoms with Crippen LogP contribution in [0.15, 0.2) is 6.33 Å². The zero-order chi connectivity index (χ0) is 13.2. The monoisotopic (exact) mass is 250 g/mol. The Morgan fingerprint density at radius 2 is 2.00 bits per heavy atom. The third-order valence-corrected chi connectivity index (χ3v) is 3.95. The minimum absolute atomic E-state index is 0.223. The predicted molar refractivity (Wildman–Crippen MR) is 69.2 cm³/mol. The van der Waals surface area contributed by atoms with Crippen molar-refractivity contribution in [2.75, 3.05) is 13.1 Å². The zero-order valence-electron chi connectivity index (χ0n) is 11.5. The maximum Gasteiger partial charge on any atom is 0.160 e. The number of rotatable bonds is 4. The Morgan fingerprint density at radius 1 is 1.33 bits per heavy atom. The highest BCUT2D eigenvalue weighted by molar-refractivity contribution is 5.88. The van der Waals surface area contributed by atoms with Crippen molar-refractivity contribution in [1.29, 1.82) is 0 Å². The number of Topliss-reactive ketones (excluding diaryl/α,β-unsaturated/α-hetero) is 1. The minimum atomic E-state index is -0.396. The second-order valence-corrected chi connectivity index (χ2v) is 5.51. The molecular weight excluding hydrogens is 228 g/mol. The molecule has 0 aliphatic carbocycles. The van der Waals surface area contributed by atoms with Crippen LogP contribution in [0.4, 0.5) is 0 Å². The second kappa shape index (κ2) is 5.18. The molecule has 0 unspecified atom stereocenters. The van der Waals surface area contributed by atoms with Crippen LogP contribution >= 0.6 is 0 Å². The van der Waals surface area contributed by atoms with Crippen molar-refractivity contribution in [1.82, 2.24) is 19.7 Å². The van der Waals surface area contributed by atoms with Gasteiger partial charge in [0.05, 0.1) is 12.0 Å². The summed E-state index contributed by atoms with van der Waals surface area (Å²) in [4.78, 5) is 18.9. The van der Waals surface area contributed by atoms with E-state index in [0.29, 0.717) is 6.42 Å². The smallest absolute Gasteiger partial charge is 0.160 e. The number of hydrogen-bond donors (Lipinski definition) is 0. The first-order valence-corrected chi connectivity index (χ1v) is 6.63. The van der Waals surface area contributed by atoms with E-state index in [0.717, 1.165) is 18.9 Å². The van der Waals surface area contributed by atoms with Gasteiger partial charge in [-0.2, -0.15) is 5.10 Å². The average Bonchev–Trinajstić information content (AvgIpc) is 2.76. The molecular formula is C13H22N4O. The van der Waals surface area contributed by atoms with Crippen molar-refractivity contribution in [3.63, 3.8) is 0 Å². The number of aryl methyl sites for hydroxylation is 1. The molecule has 0 saturated carbocycles. The number of aromatic nitrogens is 3. The van der Waals surface area contributed by atoms with Crippen LogP contribution in [0.5, 0.6) is 0 Å². The molecule has 5 heteroatoms. The molecule has 0 bridgehead atoms. The van der Waals surface area contributed by atoms with E-state index in [1.807, 2.05) is 20.9 Å². The van der Waals surface area contributed by atoms with Crippen molar-refractivity contribution in [3.8, 4) is 0 Å². The Hall–Kier alpha value is -1.23. The Labute approximate surface area is 108 Å². The highest BCUT2D eigenvalue weighted by Gasteiger charge is 2.35. The van der Waals surface area contributed by atoms with E-state index in [1.165, 1.54) is 25.6 Å². The minimum Gasteiger partial charge on any atom is -0.297 e. The van der Waals surface area contributed by atoms with Gasteiger partial charge in [0.2, 0.25) is 0 Å². The van der Waals surface area contributed by atoms with Gasteiger partial charge in [0.25, 0.3) is 0 Å². The highest BCUT2D eigenvalue weighted by atomic mass is 16.1. The number of nitrogens with zero attached hydrogens (tertiary/aromatic N) is 4. The van der Waals surface area contributed by atoms with Gasteiger partial charge in [-0.05, 0) is 39.8 Å². The van der Waals surface area contributed by atoms with Crippen LogP contribution in [0, 0.1) is 0 Å². The molecule has 1 aliphatic heterocycles. The summed E-state index contributed by atoms with van der Waals surface area (Å²) in [5, 5.41) is 4.00. The Morgan fingerprint density at radius 3 is 2.56 bits per heavy atom. The van der Waals surface area contributed by atoms with Crippen molar-refractivity contribution >= 4 is 5.78 Å². The lowest BCUT2D eigenvalue weighted by Crippen LogP contribution is -2.52. The normalized spacial score (nSPS) is 17.9. The van der Waals surface area contributed by atoms with E-state index in [4.69, 9.17) is 0 Å². The summed E-state index contributed by atoms with van der Waals surface area (Å²) in [7, 11) is 1.82. The fraction of sp³-hybridized carbons (Fsp3) is 0.769. The number of ketones is 1. The standard InChI is InChI=1S/C13H22N4O/c1-13(2,17-7-5-4-6-8-17)11(18)9-12-14-10-15-16(12)3/h10H,4-9H2,1-3H3. The molecule has 18 heavy (non-hydrogen) atoms. The van der Waals surface area contributed by atoms with Crippen molar-refractivity contribution in [2.45, 2.75) is 45.1 Å². The largest absolute Gasteiger partial charge is 0.297 e. The van der Waals surface area contributed by atoms with Gasteiger partial charge in [-0.25, -0.2) is 4.98 Å². The van der Waals surface area contributed by atoms with Crippen molar-refractivity contribution in [2.24, 2.45) is 7.05 Å². The third kappa shape index (κ3) is 2.61. The van der Waals surface area contributed by atoms with Crippen LogP contribution in [0.2, 0.25) is 0 Å². The van der Waals surface area contributed by atoms with Gasteiger partial charge in [-0.1, -0.05) is 6.42 Å². The van der Waals surface area contributed by atoms with Gasteiger partial charge in [-0.3, -0.25) is 14.4 Å². The van der Waals surface area contributed by atoms with E-state index < -0.39 is 5.54 Å². The van der Waals surface area contributed by atoms with Crippen LogP contribution < -0.4 is 0 Å². The van der Waals surface area contributed by atoms with Crippen LogP contribution in [-0.4, -0.2) is 44.1 Å². The molecule has 0 aromatic carbocycles. The SMILES string of the molecule is Cn1ncnc1CC(=O)C(C)(C)N1CCCCC1. The second-order valence-electron chi connectivity index (χ2n) is 5.51. The van der Waals surface area contributed by atoms with E-state index in [1.54, 1.807) is 4.68 Å². The molecule has 0 atom stereocenters. The summed E-state index contributed by atoms with van der Waals surface area (Å²) in [6.07, 6.45) is 5.53. The number of hydrogen-bond acceptors (Lipinski definition) is 4. The number of likely N-dealkylation sites (tertiary alicyclic amines) is 1. The lowest BCUT2D eigenvalue weighted by Gasteiger charge is -2.39. The van der Waals surface area contributed by atoms with Crippen molar-refractivity contribution in [3.05, 3.63) is 12.2 Å². The van der Waals surface area contributed by atoms with Crippen LogP contribution in [-0.2, 0) is 18.3 Å². The third-order valence-electron chi connectivity index (χ3n) is 3.95. The molecule has 1 fully saturated rings. The lowest BCUT2D eigenvalue weighted by atomic mass is 9.92. The molecule has 0 N–H and O–H groups in total. The topological polar surface area (TPSA) is 51.0 Å². The van der Waals surface area contributed by atoms with Gasteiger partial charge < -0.3 is 0 Å². The van der Waals surface area contributed by atoms with Crippen LogP contribution in [0.3, 0.4) is 0 Å². The molecule has 2 heterocycles. The van der Waals surface area contributed by atoms with Crippen LogP contribution in [0.1, 0.15) is 38.9 Å². The molecule has 0 radical (unpaired) electrons. The molecule has 1 saturated heterocycles. The maximum atomic E-state index is 12.5. The van der Waals surface area contributed by atoms with Gasteiger partial charge in [0, 0.05) is 7.05 Å². The van der Waals surface area contributed by atoms with Gasteiger partial charge >= 0.3 is 0 Å². The zero-order valence-corrected chi connectivity index (χ0v) is 11.5.